The van der Waals surface area contributed by atoms with E-state index in [-0.39, 0.29) is 29.9 Å². The van der Waals surface area contributed by atoms with Gasteiger partial charge < -0.3 is 16.0 Å². The lowest BCUT2D eigenvalue weighted by Crippen LogP contribution is -2.38. The summed E-state index contributed by atoms with van der Waals surface area (Å²) in [5.74, 6) is 1.66. The summed E-state index contributed by atoms with van der Waals surface area (Å²) < 4.78 is 0. The molecule has 2 rings (SSSR count). The minimum atomic E-state index is -0.0448. The Kier molecular flexibility index (Phi) is 8.98. The van der Waals surface area contributed by atoms with E-state index in [0.717, 1.165) is 43.6 Å². The molecule has 1 aliphatic carbocycles. The lowest BCUT2D eigenvalue weighted by Gasteiger charge is -2.11. The zero-order valence-electron chi connectivity index (χ0n) is 13.9. The van der Waals surface area contributed by atoms with Gasteiger partial charge in [0.05, 0.1) is 0 Å². The molecule has 1 amide bonds. The van der Waals surface area contributed by atoms with Gasteiger partial charge in [0.2, 0.25) is 5.91 Å². The predicted molar refractivity (Wildman–Crippen MR) is 107 cm³/mol. The van der Waals surface area contributed by atoms with Crippen molar-refractivity contribution in [1.29, 1.82) is 0 Å². The number of guanidine groups is 1. The summed E-state index contributed by atoms with van der Waals surface area (Å²) >= 11 is 0. The number of nitrogens with zero attached hydrogens (tertiary/aromatic N) is 1. The molecular weight excluding hydrogens is 403 g/mol. The molecule has 6 heteroatoms. The molecule has 0 saturated heterocycles. The van der Waals surface area contributed by atoms with Crippen LogP contribution in [0.4, 0.5) is 5.69 Å². The van der Waals surface area contributed by atoms with Gasteiger partial charge in [-0.15, -0.1) is 24.0 Å². The van der Waals surface area contributed by atoms with E-state index >= 15 is 0 Å². The van der Waals surface area contributed by atoms with E-state index < -0.39 is 0 Å². The Balaban J connectivity index is 0.00000264. The third-order valence-corrected chi connectivity index (χ3v) is 3.53. The standard InChI is InChI=1S/C17H26N4O.HI/c1-3-18-17(20-12-15-4-5-15)19-11-10-14-6-8-16(9-7-14)21-13(2)22;/h6-9,15H,3-5,10-12H2,1-2H3,(H,21,22)(H2,18,19,20);1H. The number of carbonyl (C=O) groups is 1. The fourth-order valence-corrected chi connectivity index (χ4v) is 2.15. The van der Waals surface area contributed by atoms with Gasteiger partial charge in [-0.25, -0.2) is 0 Å². The van der Waals surface area contributed by atoms with Crippen LogP contribution in [-0.4, -0.2) is 31.5 Å². The second-order valence-corrected chi connectivity index (χ2v) is 5.72. The van der Waals surface area contributed by atoms with E-state index in [0.29, 0.717) is 0 Å². The summed E-state index contributed by atoms with van der Waals surface area (Å²) in [5, 5.41) is 9.41. The van der Waals surface area contributed by atoms with Crippen LogP contribution < -0.4 is 16.0 Å². The molecule has 0 heterocycles. The fraction of sp³-hybridized carbons (Fsp3) is 0.529. The molecule has 1 fully saturated rings. The Labute approximate surface area is 155 Å². The summed E-state index contributed by atoms with van der Waals surface area (Å²) in [6.07, 6.45) is 3.57. The van der Waals surface area contributed by atoms with E-state index in [1.54, 1.807) is 0 Å². The highest BCUT2D eigenvalue weighted by molar-refractivity contribution is 14.0. The Bertz CT molecular complexity index is 512. The first-order chi connectivity index (χ1) is 10.7. The molecule has 0 bridgehead atoms. The second-order valence-electron chi connectivity index (χ2n) is 5.72. The van der Waals surface area contributed by atoms with E-state index in [1.165, 1.54) is 25.3 Å². The van der Waals surface area contributed by atoms with Crippen LogP contribution in [0.25, 0.3) is 0 Å². The molecule has 0 atom stereocenters. The maximum absolute atomic E-state index is 11.0. The molecule has 1 saturated carbocycles. The van der Waals surface area contributed by atoms with Crippen molar-refractivity contribution in [1.82, 2.24) is 10.6 Å². The molecule has 0 aromatic heterocycles. The van der Waals surface area contributed by atoms with Crippen LogP contribution in [0.15, 0.2) is 29.3 Å². The average molecular weight is 430 g/mol. The number of halogens is 1. The van der Waals surface area contributed by atoms with Crippen LogP contribution in [0.1, 0.15) is 32.3 Å². The molecular formula is C17H27IN4O. The maximum atomic E-state index is 11.0. The smallest absolute Gasteiger partial charge is 0.221 e. The van der Waals surface area contributed by atoms with Crippen LogP contribution in [0.2, 0.25) is 0 Å². The topological polar surface area (TPSA) is 65.5 Å². The van der Waals surface area contributed by atoms with E-state index in [2.05, 4.69) is 27.9 Å². The minimum absolute atomic E-state index is 0. The molecule has 23 heavy (non-hydrogen) atoms. The van der Waals surface area contributed by atoms with Crippen molar-refractivity contribution in [2.45, 2.75) is 33.1 Å². The van der Waals surface area contributed by atoms with Crippen LogP contribution in [0, 0.1) is 5.92 Å². The lowest BCUT2D eigenvalue weighted by molar-refractivity contribution is -0.114. The van der Waals surface area contributed by atoms with Gasteiger partial charge in [-0.05, 0) is 49.8 Å². The van der Waals surface area contributed by atoms with Gasteiger partial charge in [0, 0.05) is 32.2 Å². The molecule has 0 radical (unpaired) electrons. The number of anilines is 1. The number of carbonyl (C=O) groups excluding carboxylic acids is 1. The Hall–Kier alpha value is -1.31. The van der Waals surface area contributed by atoms with Crippen molar-refractivity contribution in [3.8, 4) is 0 Å². The number of aliphatic imine (C=N–C) groups is 1. The quantitative estimate of drug-likeness (QED) is 0.354. The van der Waals surface area contributed by atoms with Gasteiger partial charge >= 0.3 is 0 Å². The van der Waals surface area contributed by atoms with Gasteiger partial charge in [0.1, 0.15) is 0 Å². The van der Waals surface area contributed by atoms with Gasteiger partial charge in [0.25, 0.3) is 0 Å². The predicted octanol–water partition coefficient (Wildman–Crippen LogP) is 2.77. The van der Waals surface area contributed by atoms with Crippen LogP contribution >= 0.6 is 24.0 Å². The molecule has 1 aliphatic rings. The normalized spacial score (nSPS) is 13.9. The van der Waals surface area contributed by atoms with Crippen LogP contribution in [-0.2, 0) is 11.2 Å². The zero-order chi connectivity index (χ0) is 15.8. The third kappa shape index (κ3) is 8.20. The highest BCUT2D eigenvalue weighted by atomic mass is 127. The first-order valence-electron chi connectivity index (χ1n) is 8.06. The molecule has 3 N–H and O–H groups in total. The molecule has 5 nitrogen and oxygen atoms in total. The van der Waals surface area contributed by atoms with Crippen molar-refractivity contribution < 1.29 is 4.79 Å². The number of rotatable bonds is 7. The van der Waals surface area contributed by atoms with E-state index in [9.17, 15) is 4.79 Å². The zero-order valence-corrected chi connectivity index (χ0v) is 16.2. The first kappa shape index (κ1) is 19.7. The van der Waals surface area contributed by atoms with Crippen LogP contribution in [0.5, 0.6) is 0 Å². The van der Waals surface area contributed by atoms with E-state index in [1.807, 2.05) is 24.3 Å². The van der Waals surface area contributed by atoms with Crippen molar-refractivity contribution in [2.75, 3.05) is 25.0 Å². The summed E-state index contributed by atoms with van der Waals surface area (Å²) in [6, 6.07) is 7.95. The molecule has 1 aromatic rings. The van der Waals surface area contributed by atoms with E-state index in [4.69, 9.17) is 0 Å². The fourth-order valence-electron chi connectivity index (χ4n) is 2.15. The Morgan fingerprint density at radius 3 is 2.48 bits per heavy atom. The van der Waals surface area contributed by atoms with Crippen molar-refractivity contribution in [3.63, 3.8) is 0 Å². The number of hydrogen-bond acceptors (Lipinski definition) is 2. The van der Waals surface area contributed by atoms with Gasteiger partial charge in [-0.3, -0.25) is 9.79 Å². The summed E-state index contributed by atoms with van der Waals surface area (Å²) in [5.41, 5.74) is 2.07. The first-order valence-corrected chi connectivity index (χ1v) is 8.06. The largest absolute Gasteiger partial charge is 0.357 e. The Morgan fingerprint density at radius 2 is 1.91 bits per heavy atom. The molecule has 0 spiro atoms. The Morgan fingerprint density at radius 1 is 1.22 bits per heavy atom. The van der Waals surface area contributed by atoms with Gasteiger partial charge in [0.15, 0.2) is 5.96 Å². The summed E-state index contributed by atoms with van der Waals surface area (Å²) in [7, 11) is 0. The SMILES string of the molecule is CCNC(=NCC1CC1)NCCc1ccc(NC(C)=O)cc1.I. The van der Waals surface area contributed by atoms with Crippen molar-refractivity contribution in [2.24, 2.45) is 10.9 Å². The molecule has 128 valence electrons. The summed E-state index contributed by atoms with van der Waals surface area (Å²) in [6.45, 7) is 6.24. The van der Waals surface area contributed by atoms with Gasteiger partial charge in [-0.2, -0.15) is 0 Å². The highest BCUT2D eigenvalue weighted by Crippen LogP contribution is 2.28. The van der Waals surface area contributed by atoms with Crippen molar-refractivity contribution in [3.05, 3.63) is 29.8 Å². The number of benzene rings is 1. The monoisotopic (exact) mass is 430 g/mol. The number of nitrogens with one attached hydrogen (secondary N) is 3. The van der Waals surface area contributed by atoms with Crippen molar-refractivity contribution >= 4 is 41.5 Å². The lowest BCUT2D eigenvalue weighted by atomic mass is 10.1. The second kappa shape index (κ2) is 10.5. The van der Waals surface area contributed by atoms with Crippen LogP contribution in [0.3, 0.4) is 0 Å². The third-order valence-electron chi connectivity index (χ3n) is 3.53. The minimum Gasteiger partial charge on any atom is -0.357 e. The molecule has 1 aromatic carbocycles. The summed E-state index contributed by atoms with van der Waals surface area (Å²) in [4.78, 5) is 15.6. The number of hydrogen-bond donors (Lipinski definition) is 3. The number of amides is 1. The molecule has 0 aliphatic heterocycles. The van der Waals surface area contributed by atoms with Gasteiger partial charge in [-0.1, -0.05) is 12.1 Å². The maximum Gasteiger partial charge on any atom is 0.221 e. The molecule has 0 unspecified atom stereocenters. The highest BCUT2D eigenvalue weighted by Gasteiger charge is 2.20. The average Bonchev–Trinajstić information content (AvgIpc) is 3.30.